The predicted octanol–water partition coefficient (Wildman–Crippen LogP) is 2.67. The first-order valence-electron chi connectivity index (χ1n) is 10.8. The molecule has 2 aromatic heterocycles. The van der Waals surface area contributed by atoms with Crippen molar-refractivity contribution in [2.75, 3.05) is 43.9 Å². The molecule has 0 saturated carbocycles. The van der Waals surface area contributed by atoms with Crippen LogP contribution in [0.15, 0.2) is 24.3 Å². The highest BCUT2D eigenvalue weighted by Gasteiger charge is 2.32. The average Bonchev–Trinajstić information content (AvgIpc) is 3.34. The van der Waals surface area contributed by atoms with Crippen LogP contribution in [0.3, 0.4) is 0 Å². The van der Waals surface area contributed by atoms with Gasteiger partial charge >= 0.3 is 0 Å². The summed E-state index contributed by atoms with van der Waals surface area (Å²) >= 11 is 1.29. The van der Waals surface area contributed by atoms with Crippen LogP contribution in [0.1, 0.15) is 20.9 Å². The first-order chi connectivity index (χ1) is 15.8. The fourth-order valence-electron chi connectivity index (χ4n) is 4.15. The average molecular weight is 476 g/mol. The Bertz CT molecular complexity index is 1190. The molecule has 2 atom stereocenters. The van der Waals surface area contributed by atoms with E-state index in [1.807, 2.05) is 19.1 Å². The Hall–Kier alpha value is -2.82. The van der Waals surface area contributed by atoms with Crippen LogP contribution in [-0.4, -0.2) is 61.9 Å². The van der Waals surface area contributed by atoms with E-state index in [-0.39, 0.29) is 42.7 Å². The van der Waals surface area contributed by atoms with Crippen molar-refractivity contribution in [3.63, 3.8) is 0 Å². The number of halogens is 2. The van der Waals surface area contributed by atoms with Crippen molar-refractivity contribution in [2.45, 2.75) is 25.5 Å². The van der Waals surface area contributed by atoms with Crippen LogP contribution >= 0.6 is 11.3 Å². The Morgan fingerprint density at radius 1 is 1.24 bits per heavy atom. The lowest BCUT2D eigenvalue weighted by Gasteiger charge is -2.20. The zero-order valence-electron chi connectivity index (χ0n) is 18.7. The molecule has 10 heteroatoms. The van der Waals surface area contributed by atoms with E-state index in [1.165, 1.54) is 17.4 Å². The number of nitrogens with zero attached hydrogens (tertiary/aromatic N) is 2. The van der Waals surface area contributed by atoms with Crippen molar-refractivity contribution in [3.8, 4) is 0 Å². The third-order valence-electron chi connectivity index (χ3n) is 5.95. The second kappa shape index (κ2) is 9.58. The van der Waals surface area contributed by atoms with E-state index in [4.69, 9.17) is 0 Å². The van der Waals surface area contributed by atoms with Gasteiger partial charge in [-0.3, -0.25) is 4.79 Å². The Kier molecular flexibility index (Phi) is 6.78. The van der Waals surface area contributed by atoms with Crippen molar-refractivity contribution in [3.05, 3.63) is 52.0 Å². The maximum atomic E-state index is 14.7. The molecular formula is C23H27F2N5O2S. The lowest BCUT2D eigenvalue weighted by molar-refractivity contribution is 0.0959. The minimum Gasteiger partial charge on any atom is -0.390 e. The molecule has 1 saturated heterocycles. The summed E-state index contributed by atoms with van der Waals surface area (Å²) < 4.78 is 29.4. The number of aliphatic hydroxyl groups is 1. The van der Waals surface area contributed by atoms with Gasteiger partial charge in [0.1, 0.15) is 21.3 Å². The highest BCUT2D eigenvalue weighted by atomic mass is 32.1. The fourth-order valence-corrected chi connectivity index (χ4v) is 5.29. The molecule has 0 unspecified atom stereocenters. The number of thiophene rings is 1. The van der Waals surface area contributed by atoms with Crippen molar-refractivity contribution in [2.24, 2.45) is 0 Å². The number of nitrogens with one attached hydrogen (secondary N) is 3. The third-order valence-corrected chi connectivity index (χ3v) is 7.05. The minimum atomic E-state index is -0.650. The number of hydrogen-bond acceptors (Lipinski definition) is 7. The second-order valence-corrected chi connectivity index (χ2v) is 9.13. The third kappa shape index (κ3) is 4.64. The van der Waals surface area contributed by atoms with E-state index in [1.54, 1.807) is 19.0 Å². The number of aliphatic hydroxyl groups excluding tert-OH is 1. The quantitative estimate of drug-likeness (QED) is 0.420. The summed E-state index contributed by atoms with van der Waals surface area (Å²) in [6, 6.07) is 5.95. The van der Waals surface area contributed by atoms with E-state index < -0.39 is 17.7 Å². The van der Waals surface area contributed by atoms with E-state index in [2.05, 4.69) is 20.9 Å². The van der Waals surface area contributed by atoms with Crippen LogP contribution < -0.4 is 20.9 Å². The number of amides is 1. The van der Waals surface area contributed by atoms with Gasteiger partial charge in [0, 0.05) is 43.8 Å². The molecule has 1 aliphatic heterocycles. The topological polar surface area (TPSA) is 89.5 Å². The lowest BCUT2D eigenvalue weighted by Crippen LogP contribution is -2.36. The van der Waals surface area contributed by atoms with Gasteiger partial charge in [-0.25, -0.2) is 13.8 Å². The maximum absolute atomic E-state index is 14.7. The van der Waals surface area contributed by atoms with E-state index >= 15 is 0 Å². The Morgan fingerprint density at radius 3 is 2.73 bits per heavy atom. The highest BCUT2D eigenvalue weighted by Crippen LogP contribution is 2.34. The number of anilines is 2. The Balaban J connectivity index is 1.43. The molecule has 7 nitrogen and oxygen atoms in total. The number of fused-ring (bicyclic) bond motifs is 1. The summed E-state index contributed by atoms with van der Waals surface area (Å²) in [6.07, 6.45) is -0.504. The number of pyridine rings is 1. The summed E-state index contributed by atoms with van der Waals surface area (Å²) in [6.45, 7) is 2.67. The molecular weight excluding hydrogens is 448 g/mol. The molecule has 33 heavy (non-hydrogen) atoms. The van der Waals surface area contributed by atoms with Gasteiger partial charge in [-0.2, -0.15) is 0 Å². The summed E-state index contributed by atoms with van der Waals surface area (Å²) in [5, 5.41) is 19.7. The number of benzene rings is 1. The molecule has 176 valence electrons. The van der Waals surface area contributed by atoms with Crippen LogP contribution in [0.4, 0.5) is 20.2 Å². The van der Waals surface area contributed by atoms with E-state index in [9.17, 15) is 18.7 Å². The first-order valence-corrected chi connectivity index (χ1v) is 11.6. The second-order valence-electron chi connectivity index (χ2n) is 8.13. The Morgan fingerprint density at radius 2 is 2.03 bits per heavy atom. The zero-order valence-corrected chi connectivity index (χ0v) is 19.5. The molecule has 1 aromatic carbocycles. The summed E-state index contributed by atoms with van der Waals surface area (Å²) in [7, 11) is 3.47. The van der Waals surface area contributed by atoms with Crippen LogP contribution in [0.25, 0.3) is 10.2 Å². The van der Waals surface area contributed by atoms with Gasteiger partial charge < -0.3 is 26.0 Å². The molecule has 1 aliphatic rings. The molecule has 0 radical (unpaired) electrons. The molecule has 0 bridgehead atoms. The molecule has 0 spiro atoms. The van der Waals surface area contributed by atoms with Crippen LogP contribution in [0.5, 0.6) is 0 Å². The number of likely N-dealkylation sites (N-methyl/N-ethyl adjacent to an activating group) is 1. The molecule has 1 fully saturated rings. The fraction of sp³-hybridized carbons (Fsp3) is 0.391. The van der Waals surface area contributed by atoms with Gasteiger partial charge in [0.05, 0.1) is 23.5 Å². The van der Waals surface area contributed by atoms with Crippen molar-refractivity contribution >= 4 is 38.8 Å². The monoisotopic (exact) mass is 475 g/mol. The predicted molar refractivity (Wildman–Crippen MR) is 127 cm³/mol. The van der Waals surface area contributed by atoms with Crippen molar-refractivity contribution in [1.29, 1.82) is 0 Å². The Labute approximate surface area is 194 Å². The summed E-state index contributed by atoms with van der Waals surface area (Å²) in [4.78, 5) is 20.1. The maximum Gasteiger partial charge on any atom is 0.263 e. The number of β-amino-alcohol motifs (C(OH)–C–C–N with tert-alkyl or cyclic N) is 1. The lowest BCUT2D eigenvalue weighted by atomic mass is 10.1. The van der Waals surface area contributed by atoms with Gasteiger partial charge in [-0.05, 0) is 44.2 Å². The first kappa shape index (κ1) is 23.3. The van der Waals surface area contributed by atoms with Gasteiger partial charge in [0.25, 0.3) is 5.91 Å². The summed E-state index contributed by atoms with van der Waals surface area (Å²) in [5.74, 6) is -1.38. The van der Waals surface area contributed by atoms with Gasteiger partial charge in [-0.15, -0.1) is 11.3 Å². The van der Waals surface area contributed by atoms with Gasteiger partial charge in [-0.1, -0.05) is 0 Å². The molecule has 4 N–H and O–H groups in total. The number of aromatic nitrogens is 1. The van der Waals surface area contributed by atoms with Crippen molar-refractivity contribution in [1.82, 2.24) is 15.6 Å². The largest absolute Gasteiger partial charge is 0.390 e. The number of carbonyl (C=O) groups excluding carboxylic acids is 1. The molecule has 1 amide bonds. The smallest absolute Gasteiger partial charge is 0.263 e. The van der Waals surface area contributed by atoms with Gasteiger partial charge in [0.2, 0.25) is 0 Å². The highest BCUT2D eigenvalue weighted by molar-refractivity contribution is 7.21. The summed E-state index contributed by atoms with van der Waals surface area (Å²) in [5.41, 5.74) is 1.88. The standard InChI is InChI=1S/C23H27F2N5O2S/c1-12-4-5-14-20(27-3)21(33-23(14)29-12)22(32)28-7-6-13-8-16(25)18(9-15(13)24)30-10-17(26-2)19(31)11-30/h4-5,8-9,17,19,26-27,31H,6-7,10-11H2,1-3H3,(H,28,32)/t17-,19+/m1/s1. The zero-order chi connectivity index (χ0) is 23.7. The minimum absolute atomic E-state index is 0.129. The number of rotatable bonds is 7. The molecule has 3 aromatic rings. The SMILES string of the molecule is CNc1c(C(=O)NCCc2cc(F)c(N3C[C@H](O)[C@H](NC)C3)cc2F)sc2nc(C)ccc12. The van der Waals surface area contributed by atoms with Crippen LogP contribution in [0, 0.1) is 18.6 Å². The van der Waals surface area contributed by atoms with Crippen molar-refractivity contribution < 1.29 is 18.7 Å². The number of aryl methyl sites for hydroxylation is 1. The number of carbonyl (C=O) groups is 1. The van der Waals surface area contributed by atoms with Gasteiger partial charge in [0.15, 0.2) is 0 Å². The molecule has 0 aliphatic carbocycles. The number of hydrogen-bond donors (Lipinski definition) is 4. The molecule has 3 heterocycles. The molecule has 4 rings (SSSR count). The van der Waals surface area contributed by atoms with E-state index in [0.29, 0.717) is 17.1 Å². The van der Waals surface area contributed by atoms with Crippen LogP contribution in [0.2, 0.25) is 0 Å². The van der Waals surface area contributed by atoms with Crippen LogP contribution in [-0.2, 0) is 6.42 Å². The van der Waals surface area contributed by atoms with E-state index in [0.717, 1.165) is 22.0 Å². The normalized spacial score (nSPS) is 18.2.